The molecule has 27 heavy (non-hydrogen) atoms. The van der Waals surface area contributed by atoms with E-state index in [1.54, 1.807) is 19.2 Å². The molecule has 0 aliphatic rings. The highest BCUT2D eigenvalue weighted by molar-refractivity contribution is 5.79. The number of rotatable bonds is 6. The minimum absolute atomic E-state index is 0.143. The van der Waals surface area contributed by atoms with Gasteiger partial charge in [-0.1, -0.05) is 30.3 Å². The predicted octanol–water partition coefficient (Wildman–Crippen LogP) is 3.52. The van der Waals surface area contributed by atoms with Crippen molar-refractivity contribution >= 4 is 11.6 Å². The molecule has 0 spiro atoms. The van der Waals surface area contributed by atoms with Crippen molar-refractivity contribution in [2.45, 2.75) is 19.5 Å². The lowest BCUT2D eigenvalue weighted by molar-refractivity contribution is -0.274. The summed E-state index contributed by atoms with van der Waals surface area (Å²) < 4.78 is 41.6. The van der Waals surface area contributed by atoms with Crippen molar-refractivity contribution in [2.75, 3.05) is 26.0 Å². The standard InChI is InChI=1S/C19H23F3N4O/c1-23-18(24-12-14-7-6-9-16(11-14)26(2)3)25-13-15-8-4-5-10-17(15)27-19(20,21)22/h4-11H,12-13H2,1-3H3,(H2,23,24,25). The average molecular weight is 380 g/mol. The first kappa shape index (κ1) is 20.4. The van der Waals surface area contributed by atoms with Crippen LogP contribution in [0.5, 0.6) is 5.75 Å². The van der Waals surface area contributed by atoms with Crippen LogP contribution in [0.25, 0.3) is 0 Å². The smallest absolute Gasteiger partial charge is 0.405 e. The second-order valence-electron chi connectivity index (χ2n) is 6.00. The molecule has 5 nitrogen and oxygen atoms in total. The summed E-state index contributed by atoms with van der Waals surface area (Å²) in [6.07, 6.45) is -4.73. The summed E-state index contributed by atoms with van der Waals surface area (Å²) in [7, 11) is 5.53. The summed E-state index contributed by atoms with van der Waals surface area (Å²) in [5.41, 5.74) is 2.52. The Hall–Kier alpha value is -2.90. The lowest BCUT2D eigenvalue weighted by Gasteiger charge is -2.16. The number of halogens is 3. The predicted molar refractivity (Wildman–Crippen MR) is 101 cm³/mol. The van der Waals surface area contributed by atoms with Crippen LogP contribution >= 0.6 is 0 Å². The molecule has 2 aromatic carbocycles. The van der Waals surface area contributed by atoms with E-state index in [1.165, 1.54) is 12.1 Å². The monoisotopic (exact) mass is 380 g/mol. The van der Waals surface area contributed by atoms with Gasteiger partial charge in [0.2, 0.25) is 0 Å². The molecule has 0 radical (unpaired) electrons. The van der Waals surface area contributed by atoms with E-state index in [9.17, 15) is 13.2 Å². The van der Waals surface area contributed by atoms with E-state index in [0.29, 0.717) is 18.1 Å². The summed E-state index contributed by atoms with van der Waals surface area (Å²) in [5.74, 6) is 0.249. The van der Waals surface area contributed by atoms with Crippen molar-refractivity contribution in [3.8, 4) is 5.75 Å². The maximum atomic E-state index is 12.5. The van der Waals surface area contributed by atoms with Gasteiger partial charge in [-0.15, -0.1) is 13.2 Å². The summed E-state index contributed by atoms with van der Waals surface area (Å²) in [5, 5.41) is 6.15. The quantitative estimate of drug-likeness (QED) is 0.595. The Labute approximate surface area is 156 Å². The maximum absolute atomic E-state index is 12.5. The van der Waals surface area contributed by atoms with E-state index in [1.807, 2.05) is 43.3 Å². The van der Waals surface area contributed by atoms with Crippen LogP contribution in [0.2, 0.25) is 0 Å². The fraction of sp³-hybridized carbons (Fsp3) is 0.316. The zero-order chi connectivity index (χ0) is 19.9. The number of anilines is 1. The van der Waals surface area contributed by atoms with Crippen LogP contribution in [0.3, 0.4) is 0 Å². The van der Waals surface area contributed by atoms with Crippen molar-refractivity contribution < 1.29 is 17.9 Å². The summed E-state index contributed by atoms with van der Waals surface area (Å²) >= 11 is 0. The highest BCUT2D eigenvalue weighted by Crippen LogP contribution is 2.26. The average Bonchev–Trinajstić information content (AvgIpc) is 2.62. The van der Waals surface area contributed by atoms with Crippen molar-refractivity contribution in [2.24, 2.45) is 4.99 Å². The SMILES string of the molecule is CN=C(NCc1cccc(N(C)C)c1)NCc1ccccc1OC(F)(F)F. The van der Waals surface area contributed by atoms with Gasteiger partial charge in [-0.25, -0.2) is 0 Å². The van der Waals surface area contributed by atoms with Gasteiger partial charge in [0.1, 0.15) is 5.75 Å². The molecule has 0 unspecified atom stereocenters. The van der Waals surface area contributed by atoms with Gasteiger partial charge in [0.15, 0.2) is 5.96 Å². The molecular weight excluding hydrogens is 357 g/mol. The molecule has 0 aliphatic heterocycles. The number of nitrogens with zero attached hydrogens (tertiary/aromatic N) is 2. The van der Waals surface area contributed by atoms with Crippen molar-refractivity contribution in [1.29, 1.82) is 0 Å². The number of ether oxygens (including phenoxy) is 1. The maximum Gasteiger partial charge on any atom is 0.573 e. The van der Waals surface area contributed by atoms with Crippen molar-refractivity contribution in [3.63, 3.8) is 0 Å². The first-order valence-corrected chi connectivity index (χ1v) is 8.33. The molecule has 0 saturated carbocycles. The van der Waals surface area contributed by atoms with E-state index in [2.05, 4.69) is 20.4 Å². The van der Waals surface area contributed by atoms with E-state index in [4.69, 9.17) is 0 Å². The molecule has 0 aliphatic carbocycles. The summed E-state index contributed by atoms with van der Waals surface area (Å²) in [4.78, 5) is 6.11. The Kier molecular flexibility index (Phi) is 6.92. The van der Waals surface area contributed by atoms with Gasteiger partial charge in [0.25, 0.3) is 0 Å². The molecular formula is C19H23F3N4O. The molecule has 0 aromatic heterocycles. The van der Waals surface area contributed by atoms with E-state index < -0.39 is 6.36 Å². The normalized spacial score (nSPS) is 11.9. The highest BCUT2D eigenvalue weighted by atomic mass is 19.4. The lowest BCUT2D eigenvalue weighted by atomic mass is 10.2. The Bertz CT molecular complexity index is 776. The third kappa shape index (κ3) is 6.73. The van der Waals surface area contributed by atoms with Crippen LogP contribution in [-0.4, -0.2) is 33.5 Å². The topological polar surface area (TPSA) is 48.9 Å². The number of benzene rings is 2. The fourth-order valence-corrected chi connectivity index (χ4v) is 2.40. The lowest BCUT2D eigenvalue weighted by Crippen LogP contribution is -2.36. The third-order valence-corrected chi connectivity index (χ3v) is 3.76. The molecule has 0 saturated heterocycles. The van der Waals surface area contributed by atoms with Crippen molar-refractivity contribution in [3.05, 3.63) is 59.7 Å². The second-order valence-corrected chi connectivity index (χ2v) is 6.00. The van der Waals surface area contributed by atoms with Gasteiger partial charge < -0.3 is 20.3 Å². The highest BCUT2D eigenvalue weighted by Gasteiger charge is 2.31. The van der Waals surface area contributed by atoms with Gasteiger partial charge in [-0.05, 0) is 23.8 Å². The molecule has 0 atom stereocenters. The number of hydrogen-bond donors (Lipinski definition) is 2. The van der Waals surface area contributed by atoms with Crippen LogP contribution in [0.4, 0.5) is 18.9 Å². The molecule has 0 heterocycles. The molecule has 0 bridgehead atoms. The Morgan fingerprint density at radius 2 is 1.74 bits per heavy atom. The molecule has 2 N–H and O–H groups in total. The minimum Gasteiger partial charge on any atom is -0.405 e. The number of hydrogen-bond acceptors (Lipinski definition) is 3. The first-order chi connectivity index (χ1) is 12.8. The van der Waals surface area contributed by atoms with Crippen LogP contribution in [-0.2, 0) is 13.1 Å². The first-order valence-electron chi connectivity index (χ1n) is 8.33. The van der Waals surface area contributed by atoms with E-state index >= 15 is 0 Å². The zero-order valence-corrected chi connectivity index (χ0v) is 15.5. The molecule has 8 heteroatoms. The van der Waals surface area contributed by atoms with Gasteiger partial charge in [0.05, 0.1) is 0 Å². The third-order valence-electron chi connectivity index (χ3n) is 3.76. The largest absolute Gasteiger partial charge is 0.573 e. The van der Waals surface area contributed by atoms with Gasteiger partial charge >= 0.3 is 6.36 Å². The molecule has 0 fully saturated rings. The van der Waals surface area contributed by atoms with Gasteiger partial charge in [-0.2, -0.15) is 0 Å². The zero-order valence-electron chi connectivity index (χ0n) is 15.5. The molecule has 146 valence electrons. The van der Waals surface area contributed by atoms with E-state index in [-0.39, 0.29) is 12.3 Å². The van der Waals surface area contributed by atoms with Crippen LogP contribution in [0, 0.1) is 0 Å². The van der Waals surface area contributed by atoms with Gasteiger partial charge in [0, 0.05) is 45.5 Å². The Balaban J connectivity index is 1.96. The van der Waals surface area contributed by atoms with Crippen LogP contribution in [0.1, 0.15) is 11.1 Å². The fourth-order valence-electron chi connectivity index (χ4n) is 2.40. The van der Waals surface area contributed by atoms with Gasteiger partial charge in [-0.3, -0.25) is 4.99 Å². The minimum atomic E-state index is -4.73. The number of nitrogens with one attached hydrogen (secondary N) is 2. The Morgan fingerprint density at radius 3 is 2.41 bits per heavy atom. The number of aliphatic imine (C=N–C) groups is 1. The molecule has 0 amide bonds. The second kappa shape index (κ2) is 9.16. The Morgan fingerprint density at radius 1 is 1.04 bits per heavy atom. The number of guanidine groups is 1. The number of para-hydroxylation sites is 1. The summed E-state index contributed by atoms with van der Waals surface area (Å²) in [6, 6.07) is 14.0. The van der Waals surface area contributed by atoms with Crippen LogP contribution < -0.4 is 20.3 Å². The van der Waals surface area contributed by atoms with E-state index in [0.717, 1.165) is 11.3 Å². The molecule has 2 rings (SSSR count). The molecule has 2 aromatic rings. The van der Waals surface area contributed by atoms with Crippen molar-refractivity contribution in [1.82, 2.24) is 10.6 Å². The van der Waals surface area contributed by atoms with Crippen LogP contribution in [0.15, 0.2) is 53.5 Å². The summed E-state index contributed by atoms with van der Waals surface area (Å²) in [6.45, 7) is 0.672. The number of alkyl halides is 3.